The van der Waals surface area contributed by atoms with E-state index in [9.17, 15) is 13.2 Å². The van der Waals surface area contributed by atoms with E-state index in [0.29, 0.717) is 0 Å². The van der Waals surface area contributed by atoms with Gasteiger partial charge in [-0.2, -0.15) is 0 Å². The highest BCUT2D eigenvalue weighted by Crippen LogP contribution is 2.05. The zero-order chi connectivity index (χ0) is 12.2. The van der Waals surface area contributed by atoms with Gasteiger partial charge in [-0.3, -0.25) is 9.78 Å². The van der Waals surface area contributed by atoms with Gasteiger partial charge in [0.1, 0.15) is 10.7 Å². The summed E-state index contributed by atoms with van der Waals surface area (Å²) in [7, 11) is -3.62. The van der Waals surface area contributed by atoms with Crippen LogP contribution in [0.3, 0.4) is 0 Å². The van der Waals surface area contributed by atoms with Crippen molar-refractivity contribution in [2.45, 2.75) is 18.7 Å². The van der Waals surface area contributed by atoms with E-state index in [2.05, 4.69) is 9.71 Å². The van der Waals surface area contributed by atoms with E-state index in [1.165, 1.54) is 24.5 Å². The maximum atomic E-state index is 11.7. The second kappa shape index (κ2) is 5.18. The van der Waals surface area contributed by atoms with E-state index < -0.39 is 10.0 Å². The average Bonchev–Trinajstić information content (AvgIpc) is 2.27. The van der Waals surface area contributed by atoms with Crippen LogP contribution in [0.5, 0.6) is 0 Å². The summed E-state index contributed by atoms with van der Waals surface area (Å²) >= 11 is 0. The Morgan fingerprint density at radius 3 is 2.69 bits per heavy atom. The number of hydrogen-bond acceptors (Lipinski definition) is 4. The van der Waals surface area contributed by atoms with E-state index >= 15 is 0 Å². The van der Waals surface area contributed by atoms with Crippen molar-refractivity contribution in [1.82, 2.24) is 9.71 Å². The summed E-state index contributed by atoms with van der Waals surface area (Å²) in [6.45, 7) is 3.26. The third kappa shape index (κ3) is 3.39. The number of carbonyl (C=O) groups excluding carboxylic acids is 1. The molecule has 0 bridgehead atoms. The van der Waals surface area contributed by atoms with Crippen LogP contribution < -0.4 is 4.72 Å². The molecule has 0 saturated carbocycles. The van der Waals surface area contributed by atoms with Crippen LogP contribution >= 0.6 is 0 Å². The number of pyridine rings is 1. The van der Waals surface area contributed by atoms with Gasteiger partial charge in [-0.1, -0.05) is 13.8 Å². The van der Waals surface area contributed by atoms with Crippen molar-refractivity contribution in [3.05, 3.63) is 24.5 Å². The van der Waals surface area contributed by atoms with Crippen molar-refractivity contribution in [2.75, 3.05) is 6.54 Å². The fourth-order valence-electron chi connectivity index (χ4n) is 0.960. The van der Waals surface area contributed by atoms with Gasteiger partial charge in [-0.05, 0) is 12.1 Å². The molecule has 0 fully saturated rings. The zero-order valence-corrected chi connectivity index (χ0v) is 9.99. The summed E-state index contributed by atoms with van der Waals surface area (Å²) in [5.74, 6) is -0.330. The molecule has 0 unspecified atom stereocenters. The first-order valence-electron chi connectivity index (χ1n) is 4.86. The van der Waals surface area contributed by atoms with Crippen molar-refractivity contribution in [3.63, 3.8) is 0 Å². The molecule has 0 aliphatic carbocycles. The molecule has 1 heterocycles. The van der Waals surface area contributed by atoms with Crippen molar-refractivity contribution in [1.29, 1.82) is 0 Å². The van der Waals surface area contributed by atoms with Crippen LogP contribution in [-0.2, 0) is 14.8 Å². The number of ketones is 1. The van der Waals surface area contributed by atoms with E-state index in [1.807, 2.05) is 0 Å². The Balaban J connectivity index is 2.71. The first-order valence-corrected chi connectivity index (χ1v) is 6.34. The Kier molecular flexibility index (Phi) is 4.14. The van der Waals surface area contributed by atoms with Gasteiger partial charge in [0, 0.05) is 18.3 Å². The second-order valence-electron chi connectivity index (χ2n) is 3.63. The molecular weight excluding hydrogens is 228 g/mol. The molecule has 0 aromatic carbocycles. The maximum absolute atomic E-state index is 11.7. The van der Waals surface area contributed by atoms with Crippen molar-refractivity contribution in [3.8, 4) is 0 Å². The lowest BCUT2D eigenvalue weighted by Crippen LogP contribution is -2.31. The molecule has 0 aliphatic heterocycles. The Labute approximate surface area is 94.9 Å². The van der Waals surface area contributed by atoms with Crippen molar-refractivity contribution < 1.29 is 13.2 Å². The highest BCUT2D eigenvalue weighted by Gasteiger charge is 2.16. The van der Waals surface area contributed by atoms with Crippen LogP contribution in [0.25, 0.3) is 0 Å². The molecule has 88 valence electrons. The highest BCUT2D eigenvalue weighted by molar-refractivity contribution is 7.89. The maximum Gasteiger partial charge on any atom is 0.242 e. The predicted molar refractivity (Wildman–Crippen MR) is 59.3 cm³/mol. The molecule has 6 heteroatoms. The van der Waals surface area contributed by atoms with Crippen molar-refractivity contribution >= 4 is 15.8 Å². The number of aromatic nitrogens is 1. The number of carbonyl (C=O) groups is 1. The van der Waals surface area contributed by atoms with E-state index in [1.54, 1.807) is 13.8 Å². The number of nitrogens with one attached hydrogen (secondary N) is 1. The van der Waals surface area contributed by atoms with Gasteiger partial charge >= 0.3 is 0 Å². The molecule has 16 heavy (non-hydrogen) atoms. The lowest BCUT2D eigenvalue weighted by atomic mass is 10.1. The van der Waals surface area contributed by atoms with Crippen LogP contribution in [0.2, 0.25) is 0 Å². The van der Waals surface area contributed by atoms with E-state index in [-0.39, 0.29) is 23.1 Å². The molecule has 0 radical (unpaired) electrons. The molecule has 1 rings (SSSR count). The fourth-order valence-corrected chi connectivity index (χ4v) is 1.92. The minimum absolute atomic E-state index is 0.0616. The highest BCUT2D eigenvalue weighted by atomic mass is 32.2. The van der Waals surface area contributed by atoms with Crippen LogP contribution in [0.15, 0.2) is 29.4 Å². The zero-order valence-electron chi connectivity index (χ0n) is 9.17. The Bertz CT molecular complexity index is 454. The first-order chi connectivity index (χ1) is 7.43. The molecule has 0 saturated heterocycles. The normalized spacial score (nSPS) is 11.7. The summed E-state index contributed by atoms with van der Waals surface area (Å²) in [4.78, 5) is 15.0. The van der Waals surface area contributed by atoms with Gasteiger partial charge in [-0.25, -0.2) is 13.1 Å². The molecule has 0 atom stereocenters. The SMILES string of the molecule is CC(C)C(=O)CNS(=O)(=O)c1cccnc1. The van der Waals surface area contributed by atoms with Gasteiger partial charge < -0.3 is 0 Å². The molecule has 1 aromatic heterocycles. The minimum atomic E-state index is -3.62. The van der Waals surface area contributed by atoms with Crippen LogP contribution in [0, 0.1) is 5.92 Å². The van der Waals surface area contributed by atoms with Gasteiger partial charge in [-0.15, -0.1) is 0 Å². The quantitative estimate of drug-likeness (QED) is 0.819. The van der Waals surface area contributed by atoms with Crippen molar-refractivity contribution in [2.24, 2.45) is 5.92 Å². The molecule has 1 aromatic rings. The molecule has 0 amide bonds. The summed E-state index contributed by atoms with van der Waals surface area (Å²) in [5, 5.41) is 0. The van der Waals surface area contributed by atoms with Gasteiger partial charge in [0.25, 0.3) is 0 Å². The molecule has 5 nitrogen and oxygen atoms in total. The predicted octanol–water partition coefficient (Wildman–Crippen LogP) is 0.585. The number of sulfonamides is 1. The third-order valence-corrected chi connectivity index (χ3v) is 3.41. The lowest BCUT2D eigenvalue weighted by molar-refractivity contribution is -0.120. The van der Waals surface area contributed by atoms with Crippen LogP contribution in [0.1, 0.15) is 13.8 Å². The van der Waals surface area contributed by atoms with Crippen LogP contribution in [0.4, 0.5) is 0 Å². The fraction of sp³-hybridized carbons (Fsp3) is 0.400. The number of hydrogen-bond donors (Lipinski definition) is 1. The standard InChI is InChI=1S/C10H14N2O3S/c1-8(2)10(13)7-12-16(14,15)9-4-3-5-11-6-9/h3-6,8,12H,7H2,1-2H3. The van der Waals surface area contributed by atoms with E-state index in [0.717, 1.165) is 0 Å². The largest absolute Gasteiger partial charge is 0.298 e. The third-order valence-electron chi connectivity index (χ3n) is 2.03. The van der Waals surface area contributed by atoms with Gasteiger partial charge in [0.05, 0.1) is 6.54 Å². The Hall–Kier alpha value is -1.27. The Morgan fingerprint density at radius 1 is 1.50 bits per heavy atom. The lowest BCUT2D eigenvalue weighted by Gasteiger charge is -2.07. The number of rotatable bonds is 5. The van der Waals surface area contributed by atoms with E-state index in [4.69, 9.17) is 0 Å². The monoisotopic (exact) mass is 242 g/mol. The van der Waals surface area contributed by atoms with Gasteiger partial charge in [0.2, 0.25) is 10.0 Å². The smallest absolute Gasteiger partial charge is 0.242 e. The molecule has 0 aliphatic rings. The summed E-state index contributed by atoms with van der Waals surface area (Å²) in [6, 6.07) is 2.95. The molecule has 0 spiro atoms. The number of nitrogens with zero attached hydrogens (tertiary/aromatic N) is 1. The summed E-state index contributed by atoms with van der Waals surface area (Å²) in [5.41, 5.74) is 0. The average molecular weight is 242 g/mol. The summed E-state index contributed by atoms with van der Waals surface area (Å²) in [6.07, 6.45) is 2.72. The Morgan fingerprint density at radius 2 is 2.19 bits per heavy atom. The van der Waals surface area contributed by atoms with Gasteiger partial charge in [0.15, 0.2) is 0 Å². The molecular formula is C10H14N2O3S. The second-order valence-corrected chi connectivity index (χ2v) is 5.40. The molecule has 1 N–H and O–H groups in total. The topological polar surface area (TPSA) is 76.1 Å². The number of Topliss-reactive ketones (excluding diaryl/α,β-unsaturated/α-hetero) is 1. The first kappa shape index (κ1) is 12.8. The minimum Gasteiger partial charge on any atom is -0.298 e. The summed E-state index contributed by atoms with van der Waals surface area (Å²) < 4.78 is 25.6. The van der Waals surface area contributed by atoms with Crippen LogP contribution in [-0.4, -0.2) is 25.7 Å².